The van der Waals surface area contributed by atoms with Crippen LogP contribution in [0, 0.1) is 11.3 Å². The predicted molar refractivity (Wildman–Crippen MR) is 72.3 cm³/mol. The molecule has 0 unspecified atom stereocenters. The number of hydrogen-bond acceptors (Lipinski definition) is 3. The van der Waals surface area contributed by atoms with E-state index < -0.39 is 0 Å². The zero-order valence-electron chi connectivity index (χ0n) is 10.4. The van der Waals surface area contributed by atoms with Crippen molar-refractivity contribution in [3.63, 3.8) is 0 Å². The van der Waals surface area contributed by atoms with Gasteiger partial charge in [0.1, 0.15) is 23.3 Å². The van der Waals surface area contributed by atoms with E-state index in [9.17, 15) is 0 Å². The van der Waals surface area contributed by atoms with Crippen LogP contribution in [0.25, 0.3) is 16.6 Å². The summed E-state index contributed by atoms with van der Waals surface area (Å²) in [5, 5.41) is 11.1. The zero-order chi connectivity index (χ0) is 13.2. The number of fused-ring (bicyclic) bond motifs is 1. The summed E-state index contributed by atoms with van der Waals surface area (Å²) >= 11 is 0. The molecule has 4 nitrogen and oxygen atoms in total. The summed E-state index contributed by atoms with van der Waals surface area (Å²) in [6.45, 7) is 0. The molecule has 0 spiro atoms. The second-order valence-corrected chi connectivity index (χ2v) is 4.10. The summed E-state index contributed by atoms with van der Waals surface area (Å²) < 4.78 is 7.03. The lowest BCUT2D eigenvalue weighted by atomic mass is 10.1. The number of aromatic nitrogens is 2. The summed E-state index contributed by atoms with van der Waals surface area (Å²) in [5.74, 6) is 1.50. The number of rotatable bonds is 2. The minimum Gasteiger partial charge on any atom is -0.497 e. The van der Waals surface area contributed by atoms with E-state index in [1.165, 1.54) is 0 Å². The van der Waals surface area contributed by atoms with Gasteiger partial charge in [0.15, 0.2) is 0 Å². The van der Waals surface area contributed by atoms with Crippen LogP contribution in [0.15, 0.2) is 48.8 Å². The molecule has 3 rings (SSSR count). The number of hydrogen-bond donors (Lipinski definition) is 0. The van der Waals surface area contributed by atoms with Crippen molar-refractivity contribution in [1.82, 2.24) is 9.55 Å². The quantitative estimate of drug-likeness (QED) is 0.701. The SMILES string of the molecule is COc1ccc2ccnc(-n3cccc3C#N)c2c1. The van der Waals surface area contributed by atoms with Gasteiger partial charge >= 0.3 is 0 Å². The standard InChI is InChI=1S/C15H11N3O/c1-19-13-5-4-11-6-7-17-15(14(11)9-13)18-8-2-3-12(18)10-16/h2-9H,1H3. The average Bonchev–Trinajstić information content (AvgIpc) is 2.94. The molecule has 0 aliphatic carbocycles. The highest BCUT2D eigenvalue weighted by atomic mass is 16.5. The van der Waals surface area contributed by atoms with Crippen LogP contribution in [0.3, 0.4) is 0 Å². The van der Waals surface area contributed by atoms with Crippen LogP contribution in [0.1, 0.15) is 5.69 Å². The van der Waals surface area contributed by atoms with Gasteiger partial charge in [0.2, 0.25) is 0 Å². The molecule has 2 aromatic heterocycles. The maximum Gasteiger partial charge on any atom is 0.145 e. The van der Waals surface area contributed by atoms with E-state index in [0.717, 1.165) is 22.3 Å². The molecule has 1 aromatic carbocycles. The normalized spacial score (nSPS) is 10.3. The molecule has 0 aliphatic heterocycles. The number of methoxy groups -OCH3 is 1. The van der Waals surface area contributed by atoms with Crippen molar-refractivity contribution in [2.45, 2.75) is 0 Å². The van der Waals surface area contributed by atoms with Crippen LogP contribution in [0.2, 0.25) is 0 Å². The van der Waals surface area contributed by atoms with Crippen molar-refractivity contribution < 1.29 is 4.74 Å². The summed E-state index contributed by atoms with van der Waals surface area (Å²) in [7, 11) is 1.63. The van der Waals surface area contributed by atoms with Crippen LogP contribution >= 0.6 is 0 Å². The maximum atomic E-state index is 9.12. The van der Waals surface area contributed by atoms with Gasteiger partial charge in [-0.15, -0.1) is 0 Å². The molecule has 0 fully saturated rings. The smallest absolute Gasteiger partial charge is 0.145 e. The molecule has 0 N–H and O–H groups in total. The van der Waals surface area contributed by atoms with Crippen molar-refractivity contribution in [2.75, 3.05) is 7.11 Å². The Balaban J connectivity index is 2.32. The minimum absolute atomic E-state index is 0.558. The van der Waals surface area contributed by atoms with Crippen LogP contribution in [0.5, 0.6) is 5.75 Å². The van der Waals surface area contributed by atoms with Crippen molar-refractivity contribution in [2.24, 2.45) is 0 Å². The van der Waals surface area contributed by atoms with E-state index in [0.29, 0.717) is 5.69 Å². The largest absolute Gasteiger partial charge is 0.497 e. The molecule has 0 bridgehead atoms. The summed E-state index contributed by atoms with van der Waals surface area (Å²) in [4.78, 5) is 4.39. The van der Waals surface area contributed by atoms with E-state index in [-0.39, 0.29) is 0 Å². The van der Waals surface area contributed by atoms with Gasteiger partial charge in [-0.3, -0.25) is 4.57 Å². The van der Waals surface area contributed by atoms with Gasteiger partial charge in [0.25, 0.3) is 0 Å². The van der Waals surface area contributed by atoms with Crippen molar-refractivity contribution in [3.05, 3.63) is 54.5 Å². The van der Waals surface area contributed by atoms with Gasteiger partial charge in [0.05, 0.1) is 7.11 Å². The third kappa shape index (κ3) is 1.81. The Labute approximate surface area is 110 Å². The molecule has 4 heteroatoms. The fraction of sp³-hybridized carbons (Fsp3) is 0.0667. The van der Waals surface area contributed by atoms with Crippen molar-refractivity contribution in [1.29, 1.82) is 5.26 Å². The molecule has 0 saturated carbocycles. The van der Waals surface area contributed by atoms with Gasteiger partial charge < -0.3 is 4.74 Å². The van der Waals surface area contributed by atoms with E-state index in [2.05, 4.69) is 11.1 Å². The summed E-state index contributed by atoms with van der Waals surface area (Å²) in [5.41, 5.74) is 0.558. The lowest BCUT2D eigenvalue weighted by molar-refractivity contribution is 0.415. The highest BCUT2D eigenvalue weighted by Crippen LogP contribution is 2.25. The first-order valence-electron chi connectivity index (χ1n) is 5.84. The molecule has 0 atom stereocenters. The average molecular weight is 249 g/mol. The Kier molecular flexibility index (Phi) is 2.66. The molecule has 0 saturated heterocycles. The lowest BCUT2D eigenvalue weighted by Gasteiger charge is -2.09. The highest BCUT2D eigenvalue weighted by molar-refractivity contribution is 5.89. The molecular formula is C15H11N3O. The van der Waals surface area contributed by atoms with Crippen LogP contribution in [0.4, 0.5) is 0 Å². The van der Waals surface area contributed by atoms with Gasteiger partial charge in [-0.1, -0.05) is 6.07 Å². The molecule has 3 aromatic rings. The number of nitriles is 1. The first kappa shape index (κ1) is 11.3. The lowest BCUT2D eigenvalue weighted by Crippen LogP contribution is -1.99. The van der Waals surface area contributed by atoms with Crippen molar-refractivity contribution >= 4 is 10.8 Å². The second kappa shape index (κ2) is 4.46. The van der Waals surface area contributed by atoms with Gasteiger partial charge in [-0.25, -0.2) is 4.98 Å². The number of nitrogens with zero attached hydrogens (tertiary/aromatic N) is 3. The highest BCUT2D eigenvalue weighted by Gasteiger charge is 2.08. The van der Waals surface area contributed by atoms with Gasteiger partial charge in [0, 0.05) is 17.8 Å². The molecule has 0 amide bonds. The Bertz CT molecular complexity index is 783. The van der Waals surface area contributed by atoms with E-state index in [4.69, 9.17) is 10.00 Å². The second-order valence-electron chi connectivity index (χ2n) is 4.10. The number of benzene rings is 1. The fourth-order valence-electron chi connectivity index (χ4n) is 2.11. The molecule has 92 valence electrons. The Morgan fingerprint density at radius 3 is 2.95 bits per heavy atom. The molecule has 19 heavy (non-hydrogen) atoms. The van der Waals surface area contributed by atoms with Crippen molar-refractivity contribution in [3.8, 4) is 17.6 Å². The third-order valence-electron chi connectivity index (χ3n) is 3.04. The first-order chi connectivity index (χ1) is 9.33. The molecular weight excluding hydrogens is 238 g/mol. The van der Waals surface area contributed by atoms with Gasteiger partial charge in [-0.05, 0) is 35.7 Å². The Morgan fingerprint density at radius 2 is 2.16 bits per heavy atom. The Morgan fingerprint density at radius 1 is 1.26 bits per heavy atom. The van der Waals surface area contributed by atoms with E-state index in [1.807, 2.05) is 36.5 Å². The number of ether oxygens (including phenoxy) is 1. The van der Waals surface area contributed by atoms with Gasteiger partial charge in [-0.2, -0.15) is 5.26 Å². The maximum absolute atomic E-state index is 9.12. The number of pyridine rings is 1. The summed E-state index contributed by atoms with van der Waals surface area (Å²) in [6, 6.07) is 13.5. The molecule has 0 aliphatic rings. The van der Waals surface area contributed by atoms with Crippen LogP contribution in [-0.4, -0.2) is 16.7 Å². The minimum atomic E-state index is 0.558. The third-order valence-corrected chi connectivity index (χ3v) is 3.04. The topological polar surface area (TPSA) is 50.8 Å². The van der Waals surface area contributed by atoms with E-state index >= 15 is 0 Å². The monoisotopic (exact) mass is 249 g/mol. The predicted octanol–water partition coefficient (Wildman–Crippen LogP) is 2.91. The van der Waals surface area contributed by atoms with E-state index in [1.54, 1.807) is 23.9 Å². The van der Waals surface area contributed by atoms with Crippen LogP contribution in [-0.2, 0) is 0 Å². The Hall–Kier alpha value is -2.80. The first-order valence-corrected chi connectivity index (χ1v) is 5.84. The fourth-order valence-corrected chi connectivity index (χ4v) is 2.11. The molecule has 0 radical (unpaired) electrons. The molecule has 2 heterocycles. The summed E-state index contributed by atoms with van der Waals surface area (Å²) in [6.07, 6.45) is 3.57. The zero-order valence-corrected chi connectivity index (χ0v) is 10.4. The van der Waals surface area contributed by atoms with Crippen LogP contribution < -0.4 is 4.74 Å².